The molecule has 0 spiro atoms. The van der Waals surface area contributed by atoms with Gasteiger partial charge in [-0.25, -0.2) is 4.98 Å². The van der Waals surface area contributed by atoms with Gasteiger partial charge in [-0.2, -0.15) is 0 Å². The Morgan fingerprint density at radius 2 is 2.23 bits per heavy atom. The molecule has 7 heteroatoms. The van der Waals surface area contributed by atoms with Gasteiger partial charge in [0.05, 0.1) is 11.6 Å². The molecule has 1 atom stereocenters. The van der Waals surface area contributed by atoms with E-state index in [9.17, 15) is 9.59 Å². The molecule has 1 unspecified atom stereocenters. The first-order chi connectivity index (χ1) is 10.6. The molecule has 1 aromatic carbocycles. The molecule has 0 saturated heterocycles. The Bertz CT molecular complexity index is 789. The highest BCUT2D eigenvalue weighted by atomic mass is 32.2. The lowest BCUT2D eigenvalue weighted by Crippen LogP contribution is -2.37. The molecule has 0 aliphatic carbocycles. The first kappa shape index (κ1) is 15.2. The molecular weight excluding hydrogens is 318 g/mol. The van der Waals surface area contributed by atoms with Crippen LogP contribution < -0.4 is 10.9 Å². The van der Waals surface area contributed by atoms with Gasteiger partial charge in [0.2, 0.25) is 5.91 Å². The average Bonchev–Trinajstić information content (AvgIpc) is 2.53. The van der Waals surface area contributed by atoms with Crippen molar-refractivity contribution in [2.75, 3.05) is 11.1 Å². The van der Waals surface area contributed by atoms with Gasteiger partial charge in [-0.15, -0.1) is 12.6 Å². The maximum absolute atomic E-state index is 12.4. The maximum Gasteiger partial charge on any atom is 0.257 e. The molecule has 0 radical (unpaired) electrons. The summed E-state index contributed by atoms with van der Waals surface area (Å²) in [7, 11) is 0. The summed E-state index contributed by atoms with van der Waals surface area (Å²) in [4.78, 5) is 29.6. The Kier molecular flexibility index (Phi) is 4.26. The van der Waals surface area contributed by atoms with Crippen molar-refractivity contribution in [2.24, 2.45) is 5.92 Å². The zero-order valence-electron chi connectivity index (χ0n) is 11.9. The Morgan fingerprint density at radius 1 is 1.45 bits per heavy atom. The largest absolute Gasteiger partial charge is 0.325 e. The number of carbonyl (C=O) groups is 1. The number of carbonyl (C=O) groups excluding carboxylic acids is 1. The minimum Gasteiger partial charge on any atom is -0.325 e. The Hall–Kier alpha value is -1.73. The molecule has 5 nitrogen and oxygen atoms in total. The number of thioether (sulfide) groups is 1. The monoisotopic (exact) mass is 333 g/mol. The van der Waals surface area contributed by atoms with E-state index in [-0.39, 0.29) is 17.4 Å². The predicted octanol–water partition coefficient (Wildman–Crippen LogP) is 2.20. The lowest BCUT2D eigenvalue weighted by Gasteiger charge is -2.24. The van der Waals surface area contributed by atoms with Crippen LogP contribution >= 0.6 is 24.4 Å². The number of benzene rings is 1. The van der Waals surface area contributed by atoms with Crippen LogP contribution in [0.3, 0.4) is 0 Å². The van der Waals surface area contributed by atoms with Gasteiger partial charge in [0.1, 0.15) is 0 Å². The zero-order valence-corrected chi connectivity index (χ0v) is 13.7. The van der Waals surface area contributed by atoms with Crippen molar-refractivity contribution in [3.63, 3.8) is 0 Å². The summed E-state index contributed by atoms with van der Waals surface area (Å²) in [6.07, 6.45) is 1.58. The van der Waals surface area contributed by atoms with Crippen LogP contribution in [0.2, 0.25) is 0 Å². The first-order valence-corrected chi connectivity index (χ1v) is 8.27. The standard InChI is InChI=1S/C15H15N3O2S2/c1-9-6-16-15-18(14(9)20)7-10(8-22-15)13(19)17-11-4-2-3-5-12(11)21/h2-6,10,21H,7-8H2,1H3,(H,17,19). The van der Waals surface area contributed by atoms with Crippen LogP contribution in [0.15, 0.2) is 45.3 Å². The van der Waals surface area contributed by atoms with E-state index in [0.29, 0.717) is 28.7 Å². The first-order valence-electron chi connectivity index (χ1n) is 6.84. The van der Waals surface area contributed by atoms with E-state index < -0.39 is 0 Å². The summed E-state index contributed by atoms with van der Waals surface area (Å²) in [5, 5.41) is 3.56. The molecule has 2 heterocycles. The van der Waals surface area contributed by atoms with Crippen molar-refractivity contribution in [1.29, 1.82) is 0 Å². The molecule has 1 N–H and O–H groups in total. The molecule has 1 aromatic heterocycles. The summed E-state index contributed by atoms with van der Waals surface area (Å²) < 4.78 is 1.58. The van der Waals surface area contributed by atoms with Gasteiger partial charge in [-0.05, 0) is 19.1 Å². The molecule has 1 aliphatic rings. The van der Waals surface area contributed by atoms with E-state index >= 15 is 0 Å². The van der Waals surface area contributed by atoms with Gasteiger partial charge in [-0.1, -0.05) is 23.9 Å². The number of amides is 1. The van der Waals surface area contributed by atoms with Crippen molar-refractivity contribution < 1.29 is 4.79 Å². The third-order valence-corrected chi connectivity index (χ3v) is 5.07. The minimum atomic E-state index is -0.272. The molecule has 22 heavy (non-hydrogen) atoms. The number of hydrogen-bond acceptors (Lipinski definition) is 5. The van der Waals surface area contributed by atoms with Gasteiger partial charge >= 0.3 is 0 Å². The number of anilines is 1. The minimum absolute atomic E-state index is 0.0791. The van der Waals surface area contributed by atoms with Gasteiger partial charge in [-0.3, -0.25) is 14.2 Å². The molecular formula is C15H15N3O2S2. The number of thiol groups is 1. The Morgan fingerprint density at radius 3 is 3.00 bits per heavy atom. The summed E-state index contributed by atoms with van der Waals surface area (Å²) in [5.74, 6) is 0.232. The van der Waals surface area contributed by atoms with E-state index in [0.717, 1.165) is 4.90 Å². The van der Waals surface area contributed by atoms with Gasteiger partial charge in [0.15, 0.2) is 5.16 Å². The molecule has 3 rings (SSSR count). The molecule has 114 valence electrons. The second-order valence-corrected chi connectivity index (χ2v) is 6.62. The number of rotatable bonds is 2. The topological polar surface area (TPSA) is 64.0 Å². The Labute approximate surface area is 137 Å². The average molecular weight is 333 g/mol. The lowest BCUT2D eigenvalue weighted by molar-refractivity contribution is -0.119. The van der Waals surface area contributed by atoms with Crippen molar-refractivity contribution in [3.05, 3.63) is 46.4 Å². The number of hydrogen-bond donors (Lipinski definition) is 2. The summed E-state index contributed by atoms with van der Waals surface area (Å²) in [5.41, 5.74) is 1.19. The predicted molar refractivity (Wildman–Crippen MR) is 89.8 cm³/mol. The van der Waals surface area contributed by atoms with Crippen LogP contribution in [0.25, 0.3) is 0 Å². The molecule has 1 amide bonds. The van der Waals surface area contributed by atoms with Crippen LogP contribution in [0.5, 0.6) is 0 Å². The maximum atomic E-state index is 12.4. The van der Waals surface area contributed by atoms with Crippen molar-refractivity contribution >= 4 is 36.0 Å². The lowest BCUT2D eigenvalue weighted by atomic mass is 10.1. The van der Waals surface area contributed by atoms with Crippen LogP contribution in [0.1, 0.15) is 5.56 Å². The number of aryl methyl sites for hydroxylation is 1. The van der Waals surface area contributed by atoms with E-state index in [1.807, 2.05) is 24.3 Å². The summed E-state index contributed by atoms with van der Waals surface area (Å²) in [6.45, 7) is 2.09. The van der Waals surface area contributed by atoms with Crippen LogP contribution in [0, 0.1) is 12.8 Å². The number of nitrogens with zero attached hydrogens (tertiary/aromatic N) is 2. The van der Waals surface area contributed by atoms with Crippen LogP contribution in [-0.4, -0.2) is 21.2 Å². The zero-order chi connectivity index (χ0) is 15.7. The summed E-state index contributed by atoms with van der Waals surface area (Å²) >= 11 is 5.76. The SMILES string of the molecule is Cc1cnc2n(c1=O)CC(C(=O)Nc1ccccc1S)CS2. The van der Waals surface area contributed by atoms with Crippen molar-refractivity contribution in [2.45, 2.75) is 23.5 Å². The quantitative estimate of drug-likeness (QED) is 0.653. The van der Waals surface area contributed by atoms with Crippen LogP contribution in [-0.2, 0) is 11.3 Å². The highest BCUT2D eigenvalue weighted by Gasteiger charge is 2.27. The third-order valence-electron chi connectivity index (χ3n) is 3.53. The number of fused-ring (bicyclic) bond motifs is 1. The Balaban J connectivity index is 1.80. The van der Waals surface area contributed by atoms with Crippen LogP contribution in [0.4, 0.5) is 5.69 Å². The van der Waals surface area contributed by atoms with Gasteiger partial charge in [0, 0.05) is 29.0 Å². The van der Waals surface area contributed by atoms with E-state index in [1.165, 1.54) is 11.8 Å². The smallest absolute Gasteiger partial charge is 0.257 e. The third kappa shape index (κ3) is 2.91. The fourth-order valence-electron chi connectivity index (χ4n) is 2.27. The fraction of sp³-hybridized carbons (Fsp3) is 0.267. The molecule has 0 saturated carbocycles. The van der Waals surface area contributed by atoms with E-state index in [1.54, 1.807) is 17.7 Å². The molecule has 2 aromatic rings. The van der Waals surface area contributed by atoms with Gasteiger partial charge < -0.3 is 5.32 Å². The highest BCUT2D eigenvalue weighted by Crippen LogP contribution is 2.26. The normalized spacial score (nSPS) is 16.9. The molecule has 0 fully saturated rings. The summed E-state index contributed by atoms with van der Waals surface area (Å²) in [6, 6.07) is 7.33. The van der Waals surface area contributed by atoms with E-state index in [2.05, 4.69) is 22.9 Å². The molecule has 1 aliphatic heterocycles. The van der Waals surface area contributed by atoms with Crippen molar-refractivity contribution in [1.82, 2.24) is 9.55 Å². The fourth-order valence-corrected chi connectivity index (χ4v) is 3.54. The number of para-hydroxylation sites is 1. The van der Waals surface area contributed by atoms with Crippen molar-refractivity contribution in [3.8, 4) is 0 Å². The number of nitrogens with one attached hydrogen (secondary N) is 1. The second-order valence-electron chi connectivity index (χ2n) is 5.15. The second kappa shape index (κ2) is 6.18. The van der Waals surface area contributed by atoms with Gasteiger partial charge in [0.25, 0.3) is 5.56 Å². The molecule has 0 bridgehead atoms. The highest BCUT2D eigenvalue weighted by molar-refractivity contribution is 7.99. The van der Waals surface area contributed by atoms with E-state index in [4.69, 9.17) is 0 Å². The number of aromatic nitrogens is 2.